The Morgan fingerprint density at radius 2 is 1.96 bits per heavy atom. The summed E-state index contributed by atoms with van der Waals surface area (Å²) < 4.78 is 5.81. The van der Waals surface area contributed by atoms with E-state index in [1.165, 1.54) is 24.8 Å². The molecule has 0 aliphatic heterocycles. The summed E-state index contributed by atoms with van der Waals surface area (Å²) in [5.74, 6) is 1.21. The molecule has 24 heavy (non-hydrogen) atoms. The van der Waals surface area contributed by atoms with Crippen molar-refractivity contribution in [1.29, 1.82) is 0 Å². The molecule has 3 nitrogen and oxygen atoms in total. The Balaban J connectivity index is 1.65. The lowest BCUT2D eigenvalue weighted by Crippen LogP contribution is -2.42. The minimum Gasteiger partial charge on any atom is -0.465 e. The van der Waals surface area contributed by atoms with E-state index in [0.717, 1.165) is 32.5 Å². The Morgan fingerprint density at radius 1 is 1.21 bits per heavy atom. The normalized spacial score (nSPS) is 28.5. The van der Waals surface area contributed by atoms with Crippen molar-refractivity contribution in [3.05, 3.63) is 35.9 Å². The van der Waals surface area contributed by atoms with Gasteiger partial charge in [0.25, 0.3) is 0 Å². The number of ether oxygens (including phenoxy) is 1. The van der Waals surface area contributed by atoms with Crippen molar-refractivity contribution >= 4 is 5.97 Å². The number of hydrogen-bond donors (Lipinski definition) is 0. The first-order valence-corrected chi connectivity index (χ1v) is 9.65. The van der Waals surface area contributed by atoms with Gasteiger partial charge in [0.2, 0.25) is 0 Å². The topological polar surface area (TPSA) is 29.5 Å². The van der Waals surface area contributed by atoms with Crippen LogP contribution in [0.25, 0.3) is 0 Å². The van der Waals surface area contributed by atoms with E-state index >= 15 is 0 Å². The number of fused-ring (bicyclic) bond motifs is 2. The van der Waals surface area contributed by atoms with Gasteiger partial charge in [-0.15, -0.1) is 0 Å². The summed E-state index contributed by atoms with van der Waals surface area (Å²) >= 11 is 0. The molecule has 0 N–H and O–H groups in total. The molecule has 3 atom stereocenters. The minimum atomic E-state index is -0.376. The maximum absolute atomic E-state index is 13.1. The van der Waals surface area contributed by atoms with Crippen molar-refractivity contribution in [3.8, 4) is 0 Å². The van der Waals surface area contributed by atoms with E-state index in [1.54, 1.807) is 0 Å². The Labute approximate surface area is 146 Å². The summed E-state index contributed by atoms with van der Waals surface area (Å²) in [6.45, 7) is 8.01. The Hall–Kier alpha value is -1.35. The highest BCUT2D eigenvalue weighted by atomic mass is 16.5. The van der Waals surface area contributed by atoms with Crippen molar-refractivity contribution in [2.24, 2.45) is 11.8 Å². The average molecular weight is 329 g/mol. The molecule has 0 amide bonds. The molecule has 2 aliphatic carbocycles. The number of benzene rings is 1. The molecule has 2 saturated carbocycles. The van der Waals surface area contributed by atoms with Crippen LogP contribution in [0.5, 0.6) is 0 Å². The molecule has 0 radical (unpaired) electrons. The molecule has 132 valence electrons. The lowest BCUT2D eigenvalue weighted by Gasteiger charge is -2.36. The van der Waals surface area contributed by atoms with Crippen molar-refractivity contribution in [2.75, 3.05) is 26.2 Å². The summed E-state index contributed by atoms with van der Waals surface area (Å²) in [7, 11) is 0. The van der Waals surface area contributed by atoms with Crippen LogP contribution >= 0.6 is 0 Å². The zero-order valence-corrected chi connectivity index (χ0v) is 15.2. The van der Waals surface area contributed by atoms with Crippen LogP contribution in [0.2, 0.25) is 0 Å². The van der Waals surface area contributed by atoms with E-state index < -0.39 is 0 Å². The second-order valence-electron chi connectivity index (χ2n) is 7.43. The number of nitrogens with zero attached hydrogens (tertiary/aromatic N) is 1. The van der Waals surface area contributed by atoms with Gasteiger partial charge in [-0.2, -0.15) is 0 Å². The zero-order chi connectivity index (χ0) is 17.0. The van der Waals surface area contributed by atoms with Crippen LogP contribution in [0.15, 0.2) is 30.3 Å². The van der Waals surface area contributed by atoms with Crippen LogP contribution in [-0.4, -0.2) is 37.1 Å². The quantitative estimate of drug-likeness (QED) is 0.533. The third-order valence-electron chi connectivity index (χ3n) is 6.25. The van der Waals surface area contributed by atoms with Crippen molar-refractivity contribution < 1.29 is 9.53 Å². The van der Waals surface area contributed by atoms with Gasteiger partial charge >= 0.3 is 5.97 Å². The van der Waals surface area contributed by atoms with E-state index in [-0.39, 0.29) is 11.4 Å². The molecule has 2 bridgehead atoms. The third kappa shape index (κ3) is 3.23. The fraction of sp³-hybridized carbons (Fsp3) is 0.667. The highest BCUT2D eigenvalue weighted by molar-refractivity contribution is 5.84. The molecule has 1 aromatic carbocycles. The van der Waals surface area contributed by atoms with Crippen LogP contribution in [0.1, 0.15) is 51.5 Å². The Bertz CT molecular complexity index is 540. The molecule has 0 aromatic heterocycles. The maximum Gasteiger partial charge on any atom is 0.316 e. The van der Waals surface area contributed by atoms with Gasteiger partial charge < -0.3 is 9.64 Å². The summed E-state index contributed by atoms with van der Waals surface area (Å²) in [6.07, 6.45) is 5.56. The molecule has 1 aromatic rings. The smallest absolute Gasteiger partial charge is 0.316 e. The van der Waals surface area contributed by atoms with Gasteiger partial charge in [-0.1, -0.05) is 50.6 Å². The molecule has 2 aliphatic rings. The van der Waals surface area contributed by atoms with Crippen LogP contribution in [0.3, 0.4) is 0 Å². The number of esters is 1. The number of carbonyl (C=O) groups excluding carboxylic acids is 1. The summed E-state index contributed by atoms with van der Waals surface area (Å²) in [5, 5.41) is 0. The maximum atomic E-state index is 13.1. The second kappa shape index (κ2) is 7.69. The third-order valence-corrected chi connectivity index (χ3v) is 6.25. The predicted octanol–water partition coefficient (Wildman–Crippen LogP) is 4.02. The summed E-state index contributed by atoms with van der Waals surface area (Å²) in [4.78, 5) is 15.5. The molecule has 3 rings (SSSR count). The predicted molar refractivity (Wildman–Crippen MR) is 96.9 cm³/mol. The van der Waals surface area contributed by atoms with Gasteiger partial charge in [-0.25, -0.2) is 0 Å². The molecule has 0 unspecified atom stereocenters. The van der Waals surface area contributed by atoms with Gasteiger partial charge in [0.05, 0.1) is 12.0 Å². The monoisotopic (exact) mass is 329 g/mol. The molecule has 3 heteroatoms. The highest BCUT2D eigenvalue weighted by Gasteiger charge is 2.57. The van der Waals surface area contributed by atoms with Gasteiger partial charge in [0.1, 0.15) is 0 Å². The Morgan fingerprint density at radius 3 is 2.54 bits per heavy atom. The fourth-order valence-corrected chi connectivity index (χ4v) is 4.91. The highest BCUT2D eigenvalue weighted by Crippen LogP contribution is 2.57. The minimum absolute atomic E-state index is 0.0282. The first kappa shape index (κ1) is 17.5. The lowest BCUT2D eigenvalue weighted by atomic mass is 9.68. The largest absolute Gasteiger partial charge is 0.465 e. The van der Waals surface area contributed by atoms with E-state index in [0.29, 0.717) is 18.4 Å². The fourth-order valence-electron chi connectivity index (χ4n) is 4.91. The first-order valence-electron chi connectivity index (χ1n) is 9.65. The molecule has 0 saturated heterocycles. The Kier molecular flexibility index (Phi) is 5.60. The molecule has 0 heterocycles. The van der Waals surface area contributed by atoms with E-state index in [1.807, 2.05) is 6.07 Å². The van der Waals surface area contributed by atoms with Crippen LogP contribution in [-0.2, 0) is 14.9 Å². The zero-order valence-electron chi connectivity index (χ0n) is 15.2. The average Bonchev–Trinajstić information content (AvgIpc) is 3.24. The number of rotatable bonds is 8. The second-order valence-corrected chi connectivity index (χ2v) is 7.43. The number of hydrogen-bond acceptors (Lipinski definition) is 3. The van der Waals surface area contributed by atoms with Gasteiger partial charge in [0.15, 0.2) is 0 Å². The van der Waals surface area contributed by atoms with Crippen LogP contribution < -0.4 is 0 Å². The van der Waals surface area contributed by atoms with Crippen LogP contribution in [0.4, 0.5) is 0 Å². The van der Waals surface area contributed by atoms with Crippen LogP contribution in [0, 0.1) is 11.8 Å². The van der Waals surface area contributed by atoms with Gasteiger partial charge in [-0.05, 0) is 56.2 Å². The first-order chi connectivity index (χ1) is 11.7. The van der Waals surface area contributed by atoms with Gasteiger partial charge in [-0.3, -0.25) is 4.79 Å². The molecular formula is C21H31NO2. The van der Waals surface area contributed by atoms with Gasteiger partial charge in [0, 0.05) is 6.54 Å². The van der Waals surface area contributed by atoms with E-state index in [9.17, 15) is 4.79 Å². The molecular weight excluding hydrogens is 298 g/mol. The van der Waals surface area contributed by atoms with Crippen molar-refractivity contribution in [2.45, 2.75) is 51.4 Å². The summed E-state index contributed by atoms with van der Waals surface area (Å²) in [5.41, 5.74) is 0.797. The SMILES string of the molecule is CCN(CC)CCCOC(=O)[C@]1(c2ccccc2)C[C@@H]2CC[C@H]1C2. The van der Waals surface area contributed by atoms with E-state index in [2.05, 4.69) is 43.0 Å². The number of carbonyl (C=O) groups is 1. The summed E-state index contributed by atoms with van der Waals surface area (Å²) in [6, 6.07) is 10.4. The van der Waals surface area contributed by atoms with E-state index in [4.69, 9.17) is 4.74 Å². The molecule has 0 spiro atoms. The molecule has 2 fully saturated rings. The van der Waals surface area contributed by atoms with Crippen molar-refractivity contribution in [3.63, 3.8) is 0 Å². The van der Waals surface area contributed by atoms with Crippen molar-refractivity contribution in [1.82, 2.24) is 4.90 Å². The standard InChI is InChI=1S/C21H31NO2/c1-3-22(4-2)13-8-14-24-20(23)21(18-9-6-5-7-10-18)16-17-11-12-19(21)15-17/h5-7,9-10,17,19H,3-4,8,11-16H2,1-2H3/t17-,19+,21+/m1/s1. The lowest BCUT2D eigenvalue weighted by molar-refractivity contribution is -0.153.